The number of nitrogens with one attached hydrogen (secondary N) is 1. The lowest BCUT2D eigenvalue weighted by molar-refractivity contribution is 0.436. The first-order chi connectivity index (χ1) is 8.70. The highest BCUT2D eigenvalue weighted by molar-refractivity contribution is 5.39. The molecule has 0 fully saturated rings. The monoisotopic (exact) mass is 245 g/mol. The Morgan fingerprint density at radius 1 is 1.11 bits per heavy atom. The third-order valence-electron chi connectivity index (χ3n) is 2.65. The molecule has 0 atom stereocenters. The van der Waals surface area contributed by atoms with Gasteiger partial charge in [0, 0.05) is 12.1 Å². The van der Waals surface area contributed by atoms with Crippen molar-refractivity contribution < 1.29 is 9.13 Å². The minimum atomic E-state index is -0.347. The first kappa shape index (κ1) is 12.6. The molecule has 0 aliphatic rings. The van der Waals surface area contributed by atoms with Crippen LogP contribution in [0.3, 0.4) is 0 Å². The third kappa shape index (κ3) is 2.87. The molecule has 0 saturated carbocycles. The molecule has 0 aliphatic heterocycles. The molecule has 0 aromatic heterocycles. The molecule has 0 spiro atoms. The van der Waals surface area contributed by atoms with E-state index in [9.17, 15) is 4.39 Å². The van der Waals surface area contributed by atoms with Crippen molar-refractivity contribution in [2.75, 3.05) is 7.05 Å². The lowest BCUT2D eigenvalue weighted by Gasteiger charge is -2.11. The van der Waals surface area contributed by atoms with Gasteiger partial charge in [-0.05, 0) is 37.7 Å². The topological polar surface area (TPSA) is 21.3 Å². The Morgan fingerprint density at radius 2 is 1.89 bits per heavy atom. The fourth-order valence-electron chi connectivity index (χ4n) is 1.75. The molecule has 0 aliphatic carbocycles. The van der Waals surface area contributed by atoms with Crippen molar-refractivity contribution in [1.82, 2.24) is 5.32 Å². The first-order valence-corrected chi connectivity index (χ1v) is 5.87. The number of aryl methyl sites for hydroxylation is 1. The number of hydrogen-bond acceptors (Lipinski definition) is 2. The standard InChI is InChI=1S/C15H16FNO/c1-11-7-8-13(16)15(9-11)18-14-6-4-3-5-12(14)10-17-2/h3-9,17H,10H2,1-2H3. The number of para-hydroxylation sites is 1. The Morgan fingerprint density at radius 3 is 2.67 bits per heavy atom. The SMILES string of the molecule is CNCc1ccccc1Oc1cc(C)ccc1F. The van der Waals surface area contributed by atoms with E-state index in [2.05, 4.69) is 5.32 Å². The normalized spacial score (nSPS) is 10.4. The fraction of sp³-hybridized carbons (Fsp3) is 0.200. The molecule has 94 valence electrons. The Bertz CT molecular complexity index is 540. The Kier molecular flexibility index (Phi) is 3.95. The highest BCUT2D eigenvalue weighted by Gasteiger charge is 2.07. The third-order valence-corrected chi connectivity index (χ3v) is 2.65. The summed E-state index contributed by atoms with van der Waals surface area (Å²) in [5.41, 5.74) is 1.97. The van der Waals surface area contributed by atoms with Gasteiger partial charge in [-0.1, -0.05) is 24.3 Å². The van der Waals surface area contributed by atoms with Gasteiger partial charge in [0.05, 0.1) is 0 Å². The number of ether oxygens (including phenoxy) is 1. The Hall–Kier alpha value is -1.87. The van der Waals surface area contributed by atoms with Crippen LogP contribution in [-0.2, 0) is 6.54 Å². The molecule has 2 nitrogen and oxygen atoms in total. The van der Waals surface area contributed by atoms with E-state index in [0.29, 0.717) is 12.3 Å². The van der Waals surface area contributed by atoms with Crippen molar-refractivity contribution in [2.24, 2.45) is 0 Å². The van der Waals surface area contributed by atoms with Gasteiger partial charge in [0.25, 0.3) is 0 Å². The maximum Gasteiger partial charge on any atom is 0.165 e. The smallest absolute Gasteiger partial charge is 0.165 e. The van der Waals surface area contributed by atoms with Crippen molar-refractivity contribution in [3.63, 3.8) is 0 Å². The second-order valence-electron chi connectivity index (χ2n) is 4.17. The summed E-state index contributed by atoms with van der Waals surface area (Å²) in [5.74, 6) is 0.592. The molecule has 2 rings (SSSR count). The largest absolute Gasteiger partial charge is 0.454 e. The predicted octanol–water partition coefficient (Wildman–Crippen LogP) is 3.65. The number of benzene rings is 2. The van der Waals surface area contributed by atoms with Crippen LogP contribution in [0.15, 0.2) is 42.5 Å². The van der Waals surface area contributed by atoms with Gasteiger partial charge in [-0.3, -0.25) is 0 Å². The number of hydrogen-bond donors (Lipinski definition) is 1. The van der Waals surface area contributed by atoms with E-state index in [1.54, 1.807) is 12.1 Å². The van der Waals surface area contributed by atoms with Crippen molar-refractivity contribution in [2.45, 2.75) is 13.5 Å². The van der Waals surface area contributed by atoms with Crippen LogP contribution in [0.4, 0.5) is 4.39 Å². The quantitative estimate of drug-likeness (QED) is 0.887. The van der Waals surface area contributed by atoms with E-state index in [1.807, 2.05) is 38.2 Å². The molecule has 0 heterocycles. The van der Waals surface area contributed by atoms with Crippen LogP contribution < -0.4 is 10.1 Å². The van der Waals surface area contributed by atoms with Crippen LogP contribution in [0.1, 0.15) is 11.1 Å². The van der Waals surface area contributed by atoms with Crippen molar-refractivity contribution in [3.05, 3.63) is 59.4 Å². The highest BCUT2D eigenvalue weighted by atomic mass is 19.1. The first-order valence-electron chi connectivity index (χ1n) is 5.87. The zero-order valence-electron chi connectivity index (χ0n) is 10.5. The average Bonchev–Trinajstić information content (AvgIpc) is 2.36. The van der Waals surface area contributed by atoms with Crippen molar-refractivity contribution in [3.8, 4) is 11.5 Å². The van der Waals surface area contributed by atoms with Gasteiger partial charge in [-0.15, -0.1) is 0 Å². The molecule has 0 amide bonds. The Balaban J connectivity index is 2.30. The molecule has 18 heavy (non-hydrogen) atoms. The van der Waals surface area contributed by atoms with Crippen LogP contribution in [-0.4, -0.2) is 7.05 Å². The van der Waals surface area contributed by atoms with Crippen LogP contribution in [0.5, 0.6) is 11.5 Å². The average molecular weight is 245 g/mol. The molecular weight excluding hydrogens is 229 g/mol. The van der Waals surface area contributed by atoms with Crippen molar-refractivity contribution in [1.29, 1.82) is 0 Å². The summed E-state index contributed by atoms with van der Waals surface area (Å²) in [7, 11) is 1.87. The number of halogens is 1. The summed E-state index contributed by atoms with van der Waals surface area (Å²) in [6.45, 7) is 2.59. The van der Waals surface area contributed by atoms with E-state index in [4.69, 9.17) is 4.74 Å². The van der Waals surface area contributed by atoms with E-state index in [-0.39, 0.29) is 11.6 Å². The van der Waals surface area contributed by atoms with Gasteiger partial charge < -0.3 is 10.1 Å². The summed E-state index contributed by atoms with van der Waals surface area (Å²) in [5, 5.41) is 3.06. The minimum Gasteiger partial charge on any atom is -0.454 e. The van der Waals surface area contributed by atoms with Gasteiger partial charge in [0.1, 0.15) is 5.75 Å². The van der Waals surface area contributed by atoms with Gasteiger partial charge in [0.2, 0.25) is 0 Å². The molecule has 2 aromatic carbocycles. The summed E-state index contributed by atoms with van der Waals surface area (Å²) >= 11 is 0. The predicted molar refractivity (Wildman–Crippen MR) is 70.4 cm³/mol. The highest BCUT2D eigenvalue weighted by Crippen LogP contribution is 2.28. The fourth-order valence-corrected chi connectivity index (χ4v) is 1.75. The molecule has 1 N–H and O–H groups in total. The van der Waals surface area contributed by atoms with Gasteiger partial charge in [-0.25, -0.2) is 4.39 Å². The summed E-state index contributed by atoms with van der Waals surface area (Å²) in [4.78, 5) is 0. The molecule has 0 unspecified atom stereocenters. The molecule has 3 heteroatoms. The van der Waals surface area contributed by atoms with Crippen LogP contribution >= 0.6 is 0 Å². The lowest BCUT2D eigenvalue weighted by atomic mass is 10.2. The number of rotatable bonds is 4. The van der Waals surface area contributed by atoms with E-state index in [1.165, 1.54) is 6.07 Å². The van der Waals surface area contributed by atoms with Crippen LogP contribution in [0.25, 0.3) is 0 Å². The summed E-state index contributed by atoms with van der Waals surface area (Å²) in [6.07, 6.45) is 0. The van der Waals surface area contributed by atoms with Crippen LogP contribution in [0.2, 0.25) is 0 Å². The zero-order chi connectivity index (χ0) is 13.0. The van der Waals surface area contributed by atoms with Gasteiger partial charge in [0.15, 0.2) is 11.6 Å². The second kappa shape index (κ2) is 5.65. The van der Waals surface area contributed by atoms with E-state index in [0.717, 1.165) is 11.1 Å². The van der Waals surface area contributed by atoms with Gasteiger partial charge >= 0.3 is 0 Å². The molecule has 0 saturated heterocycles. The molecule has 2 aromatic rings. The molecule has 0 radical (unpaired) electrons. The molecule has 0 bridgehead atoms. The maximum atomic E-state index is 13.6. The molecular formula is C15H16FNO. The lowest BCUT2D eigenvalue weighted by Crippen LogP contribution is -2.06. The maximum absolute atomic E-state index is 13.6. The summed E-state index contributed by atoms with van der Waals surface area (Å²) in [6, 6.07) is 12.5. The van der Waals surface area contributed by atoms with E-state index >= 15 is 0 Å². The summed E-state index contributed by atoms with van der Waals surface area (Å²) < 4.78 is 19.3. The zero-order valence-corrected chi connectivity index (χ0v) is 10.5. The van der Waals surface area contributed by atoms with Gasteiger partial charge in [-0.2, -0.15) is 0 Å². The van der Waals surface area contributed by atoms with Crippen LogP contribution in [0, 0.1) is 12.7 Å². The van der Waals surface area contributed by atoms with Crippen molar-refractivity contribution >= 4 is 0 Å². The van der Waals surface area contributed by atoms with E-state index < -0.39 is 0 Å². The second-order valence-corrected chi connectivity index (χ2v) is 4.17. The minimum absolute atomic E-state index is 0.263. The Labute approximate surface area is 106 Å².